The zero-order valence-electron chi connectivity index (χ0n) is 29.2. The lowest BCUT2D eigenvalue weighted by atomic mass is 9.80. The molecule has 0 aliphatic heterocycles. The van der Waals surface area contributed by atoms with Crippen LogP contribution in [0, 0.1) is 0 Å². The molecule has 10 aromatic rings. The molecule has 11 rings (SSSR count). The summed E-state index contributed by atoms with van der Waals surface area (Å²) in [5, 5.41) is 5.06. The van der Waals surface area contributed by atoms with Crippen LogP contribution in [0.5, 0.6) is 0 Å². The smallest absolute Gasteiger partial charge is 0.164 e. The van der Waals surface area contributed by atoms with Crippen molar-refractivity contribution >= 4 is 53.3 Å². The number of hydrogen-bond donors (Lipinski definition) is 0. The average molecular weight is 697 g/mol. The van der Waals surface area contributed by atoms with Gasteiger partial charge in [0.15, 0.2) is 17.5 Å². The fourth-order valence-corrected chi connectivity index (χ4v) is 9.83. The third-order valence-corrected chi connectivity index (χ3v) is 12.1. The van der Waals surface area contributed by atoms with Crippen molar-refractivity contribution in [2.45, 2.75) is 19.3 Å². The van der Waals surface area contributed by atoms with Crippen molar-refractivity contribution in [3.8, 4) is 51.0 Å². The molecule has 0 bridgehead atoms. The molecule has 4 nitrogen and oxygen atoms in total. The predicted octanol–water partition coefficient (Wildman–Crippen LogP) is 12.6. The van der Waals surface area contributed by atoms with E-state index >= 15 is 0 Å². The number of thiophene rings is 1. The fraction of sp³-hybridized carbons (Fsp3) is 0.0625. The third-order valence-electron chi connectivity index (χ3n) is 11.0. The first-order chi connectivity index (χ1) is 26.0. The van der Waals surface area contributed by atoms with Gasteiger partial charge in [-0.1, -0.05) is 141 Å². The number of rotatable bonds is 4. The number of para-hydroxylation sites is 1. The van der Waals surface area contributed by atoms with Crippen LogP contribution in [-0.2, 0) is 5.41 Å². The first kappa shape index (κ1) is 30.2. The Morgan fingerprint density at radius 2 is 1.08 bits per heavy atom. The highest BCUT2D eigenvalue weighted by Crippen LogP contribution is 2.53. The van der Waals surface area contributed by atoms with Crippen LogP contribution in [0.25, 0.3) is 93.0 Å². The van der Waals surface area contributed by atoms with Crippen LogP contribution in [-0.4, -0.2) is 19.5 Å². The molecule has 0 saturated carbocycles. The van der Waals surface area contributed by atoms with Gasteiger partial charge in [-0.3, -0.25) is 0 Å². The first-order valence-electron chi connectivity index (χ1n) is 18.0. The van der Waals surface area contributed by atoms with E-state index in [0.717, 1.165) is 22.4 Å². The molecule has 0 spiro atoms. The van der Waals surface area contributed by atoms with Crippen LogP contribution in [0.15, 0.2) is 158 Å². The number of fused-ring (bicyclic) bond motifs is 10. The second-order valence-corrected chi connectivity index (χ2v) is 15.5. The number of benzene rings is 7. The molecule has 1 aliphatic carbocycles. The van der Waals surface area contributed by atoms with Gasteiger partial charge < -0.3 is 4.57 Å². The molecular weight excluding hydrogens is 665 g/mol. The molecule has 3 heterocycles. The van der Waals surface area contributed by atoms with Crippen LogP contribution < -0.4 is 0 Å². The van der Waals surface area contributed by atoms with E-state index in [1.165, 1.54) is 64.2 Å². The van der Waals surface area contributed by atoms with Gasteiger partial charge in [-0.2, -0.15) is 0 Å². The van der Waals surface area contributed by atoms with Gasteiger partial charge in [-0.25, -0.2) is 15.0 Å². The van der Waals surface area contributed by atoms with E-state index in [-0.39, 0.29) is 5.41 Å². The monoisotopic (exact) mass is 696 g/mol. The molecule has 0 N–H and O–H groups in total. The maximum absolute atomic E-state index is 5.17. The van der Waals surface area contributed by atoms with Crippen molar-refractivity contribution in [1.29, 1.82) is 0 Å². The maximum Gasteiger partial charge on any atom is 0.164 e. The molecule has 0 amide bonds. The van der Waals surface area contributed by atoms with E-state index in [4.69, 9.17) is 15.0 Å². The van der Waals surface area contributed by atoms with E-state index in [1.54, 1.807) is 0 Å². The molecule has 0 saturated heterocycles. The molecule has 53 heavy (non-hydrogen) atoms. The lowest BCUT2D eigenvalue weighted by Crippen LogP contribution is -2.15. The predicted molar refractivity (Wildman–Crippen MR) is 221 cm³/mol. The highest BCUT2D eigenvalue weighted by Gasteiger charge is 2.38. The lowest BCUT2D eigenvalue weighted by Gasteiger charge is -2.22. The Hall–Kier alpha value is -6.43. The fourth-order valence-electron chi connectivity index (χ4n) is 8.67. The Morgan fingerprint density at radius 1 is 0.472 bits per heavy atom. The van der Waals surface area contributed by atoms with E-state index in [9.17, 15) is 0 Å². The normalized spacial score (nSPS) is 13.2. The van der Waals surface area contributed by atoms with Gasteiger partial charge in [0.05, 0.1) is 16.7 Å². The Kier molecular flexibility index (Phi) is 6.43. The molecule has 5 heteroatoms. The molecule has 250 valence electrons. The average Bonchev–Trinajstić information content (AvgIpc) is 3.83. The zero-order chi connectivity index (χ0) is 35.3. The quantitative estimate of drug-likeness (QED) is 0.184. The van der Waals surface area contributed by atoms with E-state index in [2.05, 4.69) is 140 Å². The summed E-state index contributed by atoms with van der Waals surface area (Å²) in [5.41, 5.74) is 11.6. The standard InChI is InChI=1S/C48H32N4S/c1-48(2)36-22-12-9-19-32(36)33-25-26-38-43(44(33)48)34-20-10-13-23-37(34)52(38)39-27-31(28-41-42(39)35-21-11-14-24-40(35)53-41)47-50-45(29-15-5-3-6-16-29)49-46(51-47)30-17-7-4-8-18-30/h3-28H,1-2H3. The van der Waals surface area contributed by atoms with Gasteiger partial charge >= 0.3 is 0 Å². The minimum Gasteiger partial charge on any atom is -0.309 e. The van der Waals surface area contributed by atoms with E-state index < -0.39 is 0 Å². The molecule has 1 aliphatic rings. The van der Waals surface area contributed by atoms with Crippen LogP contribution in [0.4, 0.5) is 0 Å². The maximum atomic E-state index is 5.17. The number of hydrogen-bond acceptors (Lipinski definition) is 4. The summed E-state index contributed by atoms with van der Waals surface area (Å²) in [7, 11) is 0. The first-order valence-corrected chi connectivity index (χ1v) is 18.9. The summed E-state index contributed by atoms with van der Waals surface area (Å²) in [5.74, 6) is 1.96. The molecule has 7 aromatic carbocycles. The highest BCUT2D eigenvalue weighted by molar-refractivity contribution is 7.26. The van der Waals surface area contributed by atoms with Crippen molar-refractivity contribution in [2.24, 2.45) is 0 Å². The summed E-state index contributed by atoms with van der Waals surface area (Å²) >= 11 is 1.82. The van der Waals surface area contributed by atoms with Crippen molar-refractivity contribution in [2.75, 3.05) is 0 Å². The molecule has 3 aromatic heterocycles. The molecule has 0 radical (unpaired) electrons. The summed E-state index contributed by atoms with van der Waals surface area (Å²) in [6.45, 7) is 4.76. The van der Waals surface area contributed by atoms with Crippen molar-refractivity contribution < 1.29 is 0 Å². The van der Waals surface area contributed by atoms with Crippen LogP contribution >= 0.6 is 11.3 Å². The zero-order valence-corrected chi connectivity index (χ0v) is 30.0. The Labute approximate surface area is 310 Å². The summed E-state index contributed by atoms with van der Waals surface area (Å²) in [6, 6.07) is 56.2. The Morgan fingerprint density at radius 3 is 1.81 bits per heavy atom. The molecule has 0 unspecified atom stereocenters. The Balaban J connectivity index is 1.25. The van der Waals surface area contributed by atoms with Gasteiger partial charge in [-0.05, 0) is 52.6 Å². The molecule has 0 fully saturated rings. The summed E-state index contributed by atoms with van der Waals surface area (Å²) < 4.78 is 4.94. The second-order valence-electron chi connectivity index (χ2n) is 14.4. The SMILES string of the molecule is CC1(C)c2ccccc2-c2ccc3c(c21)c1ccccc1n3-c1cc(-c2nc(-c3ccccc3)nc(-c3ccccc3)n2)cc2sc3ccccc3c12. The highest BCUT2D eigenvalue weighted by atomic mass is 32.1. The van der Waals surface area contributed by atoms with Crippen molar-refractivity contribution in [1.82, 2.24) is 19.5 Å². The summed E-state index contributed by atoms with van der Waals surface area (Å²) in [4.78, 5) is 15.3. The second kappa shape index (κ2) is 11.3. The Bertz CT molecular complexity index is 3020. The minimum atomic E-state index is -0.154. The number of nitrogens with zero attached hydrogens (tertiary/aromatic N) is 4. The van der Waals surface area contributed by atoms with Crippen molar-refractivity contribution in [3.63, 3.8) is 0 Å². The van der Waals surface area contributed by atoms with Crippen LogP contribution in [0.1, 0.15) is 25.0 Å². The van der Waals surface area contributed by atoms with E-state index in [1.807, 2.05) is 47.7 Å². The van der Waals surface area contributed by atoms with Crippen molar-refractivity contribution in [3.05, 3.63) is 169 Å². The van der Waals surface area contributed by atoms with E-state index in [0.29, 0.717) is 17.5 Å². The van der Waals surface area contributed by atoms with Gasteiger partial charge in [-0.15, -0.1) is 11.3 Å². The van der Waals surface area contributed by atoms with Crippen LogP contribution in [0.3, 0.4) is 0 Å². The number of aromatic nitrogens is 4. The summed E-state index contributed by atoms with van der Waals surface area (Å²) in [6.07, 6.45) is 0. The molecular formula is C48H32N4S. The van der Waals surface area contributed by atoms with Gasteiger partial charge in [0.25, 0.3) is 0 Å². The van der Waals surface area contributed by atoms with Crippen LogP contribution in [0.2, 0.25) is 0 Å². The molecule has 0 atom stereocenters. The minimum absolute atomic E-state index is 0.154. The largest absolute Gasteiger partial charge is 0.309 e. The topological polar surface area (TPSA) is 43.6 Å². The lowest BCUT2D eigenvalue weighted by molar-refractivity contribution is 0.666. The van der Waals surface area contributed by atoms with Gasteiger partial charge in [0.1, 0.15) is 0 Å². The third kappa shape index (κ3) is 4.44. The van der Waals surface area contributed by atoms with Gasteiger partial charge in [0, 0.05) is 53.1 Å². The van der Waals surface area contributed by atoms with Gasteiger partial charge in [0.2, 0.25) is 0 Å².